The molecule has 6 heteroatoms. The number of halogens is 1. The van der Waals surface area contributed by atoms with Crippen molar-refractivity contribution in [2.24, 2.45) is 0 Å². The SMILES string of the molecule is CCC(CC#N)NS(=O)(=O)c1ccc(F)cc1C. The molecule has 0 amide bonds. The number of hydrogen-bond donors (Lipinski definition) is 1. The minimum atomic E-state index is -3.71. The number of nitriles is 1. The number of nitrogens with zero attached hydrogens (tertiary/aromatic N) is 1. The van der Waals surface area contributed by atoms with Gasteiger partial charge in [-0.2, -0.15) is 5.26 Å². The lowest BCUT2D eigenvalue weighted by Crippen LogP contribution is -2.34. The Kier molecular flexibility index (Phi) is 4.82. The molecule has 0 spiro atoms. The summed E-state index contributed by atoms with van der Waals surface area (Å²) in [4.78, 5) is 0.0419. The number of benzene rings is 1. The first-order chi connectivity index (χ1) is 8.40. The predicted octanol–water partition coefficient (Wildman–Crippen LogP) is 2.10. The molecule has 1 aromatic rings. The van der Waals surface area contributed by atoms with Crippen molar-refractivity contribution < 1.29 is 12.8 Å². The average molecular weight is 270 g/mol. The fraction of sp³-hybridized carbons (Fsp3) is 0.417. The van der Waals surface area contributed by atoms with Crippen LogP contribution in [0.1, 0.15) is 25.3 Å². The van der Waals surface area contributed by atoms with E-state index >= 15 is 0 Å². The highest BCUT2D eigenvalue weighted by atomic mass is 32.2. The molecule has 0 radical (unpaired) electrons. The maximum atomic E-state index is 12.9. The summed E-state index contributed by atoms with van der Waals surface area (Å²) in [6, 6.07) is 5.00. The van der Waals surface area contributed by atoms with Crippen LogP contribution in [0.5, 0.6) is 0 Å². The zero-order valence-electron chi connectivity index (χ0n) is 10.3. The van der Waals surface area contributed by atoms with Crippen molar-refractivity contribution >= 4 is 10.0 Å². The van der Waals surface area contributed by atoms with Crippen molar-refractivity contribution in [3.63, 3.8) is 0 Å². The molecule has 0 aliphatic carbocycles. The quantitative estimate of drug-likeness (QED) is 0.890. The molecule has 0 aromatic heterocycles. The lowest BCUT2D eigenvalue weighted by atomic mass is 10.2. The molecule has 1 N–H and O–H groups in total. The molecular weight excluding hydrogens is 255 g/mol. The van der Waals surface area contributed by atoms with Crippen molar-refractivity contribution in [1.82, 2.24) is 4.72 Å². The van der Waals surface area contributed by atoms with E-state index in [1.54, 1.807) is 6.92 Å². The smallest absolute Gasteiger partial charge is 0.207 e. The van der Waals surface area contributed by atoms with Crippen LogP contribution in [0.3, 0.4) is 0 Å². The van der Waals surface area contributed by atoms with Gasteiger partial charge in [0.2, 0.25) is 10.0 Å². The van der Waals surface area contributed by atoms with Crippen LogP contribution >= 0.6 is 0 Å². The summed E-state index contributed by atoms with van der Waals surface area (Å²) in [6.07, 6.45) is 0.628. The number of rotatable bonds is 5. The standard InChI is InChI=1S/C12H15FN2O2S/c1-3-11(6-7-14)15-18(16,17)12-5-4-10(13)8-9(12)2/h4-5,8,11,15H,3,6H2,1-2H3. The Hall–Kier alpha value is -1.45. The fourth-order valence-corrected chi connectivity index (χ4v) is 3.12. The maximum absolute atomic E-state index is 12.9. The van der Waals surface area contributed by atoms with E-state index in [-0.39, 0.29) is 11.3 Å². The van der Waals surface area contributed by atoms with Gasteiger partial charge in [0, 0.05) is 6.04 Å². The molecule has 1 aromatic carbocycles. The first-order valence-corrected chi connectivity index (χ1v) is 7.04. The molecule has 0 aliphatic heterocycles. The van der Waals surface area contributed by atoms with Gasteiger partial charge >= 0.3 is 0 Å². The molecule has 0 aliphatic rings. The third kappa shape index (κ3) is 3.52. The highest BCUT2D eigenvalue weighted by Crippen LogP contribution is 2.17. The van der Waals surface area contributed by atoms with E-state index in [2.05, 4.69) is 4.72 Å². The average Bonchev–Trinajstić information content (AvgIpc) is 2.27. The summed E-state index contributed by atoms with van der Waals surface area (Å²) < 4.78 is 39.5. The van der Waals surface area contributed by atoms with E-state index in [0.717, 1.165) is 6.07 Å². The van der Waals surface area contributed by atoms with E-state index in [4.69, 9.17) is 5.26 Å². The van der Waals surface area contributed by atoms with E-state index in [1.165, 1.54) is 19.1 Å². The Morgan fingerprint density at radius 3 is 2.67 bits per heavy atom. The van der Waals surface area contributed by atoms with E-state index < -0.39 is 21.9 Å². The van der Waals surface area contributed by atoms with Gasteiger partial charge in [0.1, 0.15) is 5.82 Å². The number of hydrogen-bond acceptors (Lipinski definition) is 3. The molecule has 1 atom stereocenters. The highest BCUT2D eigenvalue weighted by molar-refractivity contribution is 7.89. The van der Waals surface area contributed by atoms with Crippen LogP contribution in [-0.2, 0) is 10.0 Å². The Labute approximate surface area is 106 Å². The van der Waals surface area contributed by atoms with Crippen molar-refractivity contribution in [2.75, 3.05) is 0 Å². The lowest BCUT2D eigenvalue weighted by molar-refractivity contribution is 0.542. The molecule has 0 saturated carbocycles. The highest BCUT2D eigenvalue weighted by Gasteiger charge is 2.20. The Bertz CT molecular complexity index is 564. The second-order valence-corrected chi connectivity index (χ2v) is 5.68. The molecule has 98 valence electrons. The van der Waals surface area contributed by atoms with Gasteiger partial charge in [-0.15, -0.1) is 0 Å². The summed E-state index contributed by atoms with van der Waals surface area (Å²) >= 11 is 0. The summed E-state index contributed by atoms with van der Waals surface area (Å²) in [5, 5.41) is 8.59. The fourth-order valence-electron chi connectivity index (χ4n) is 1.58. The van der Waals surface area contributed by atoms with Crippen molar-refractivity contribution in [1.29, 1.82) is 5.26 Å². The van der Waals surface area contributed by atoms with Gasteiger partial charge in [-0.1, -0.05) is 6.92 Å². The molecule has 4 nitrogen and oxygen atoms in total. The van der Waals surface area contributed by atoms with Gasteiger partial charge in [-0.25, -0.2) is 17.5 Å². The predicted molar refractivity (Wildman–Crippen MR) is 65.8 cm³/mol. The summed E-state index contributed by atoms with van der Waals surface area (Å²) in [7, 11) is -3.71. The number of nitrogens with one attached hydrogen (secondary N) is 1. The number of aryl methyl sites for hydroxylation is 1. The van der Waals surface area contributed by atoms with Gasteiger partial charge < -0.3 is 0 Å². The van der Waals surface area contributed by atoms with E-state index in [1.807, 2.05) is 6.07 Å². The van der Waals surface area contributed by atoms with Crippen molar-refractivity contribution in [3.8, 4) is 6.07 Å². The largest absolute Gasteiger partial charge is 0.241 e. The van der Waals surface area contributed by atoms with Gasteiger partial charge in [0.05, 0.1) is 17.4 Å². The van der Waals surface area contributed by atoms with Gasteiger partial charge in [-0.05, 0) is 37.1 Å². The molecule has 0 saturated heterocycles. The summed E-state index contributed by atoms with van der Waals surface area (Å²) in [6.45, 7) is 3.32. The van der Waals surface area contributed by atoms with Crippen molar-refractivity contribution in [3.05, 3.63) is 29.6 Å². The maximum Gasteiger partial charge on any atom is 0.241 e. The van der Waals surface area contributed by atoms with E-state index in [0.29, 0.717) is 12.0 Å². The van der Waals surface area contributed by atoms with Gasteiger partial charge in [0.15, 0.2) is 0 Å². The minimum absolute atomic E-state index is 0.0419. The van der Waals surface area contributed by atoms with Crippen LogP contribution in [0.15, 0.2) is 23.1 Å². The molecule has 0 bridgehead atoms. The van der Waals surface area contributed by atoms with Crippen LogP contribution in [0, 0.1) is 24.1 Å². The normalized spacial score (nSPS) is 13.0. The van der Waals surface area contributed by atoms with Gasteiger partial charge in [-0.3, -0.25) is 0 Å². The third-order valence-electron chi connectivity index (χ3n) is 2.58. The molecule has 0 heterocycles. The van der Waals surface area contributed by atoms with Crippen LogP contribution < -0.4 is 4.72 Å². The first-order valence-electron chi connectivity index (χ1n) is 5.56. The van der Waals surface area contributed by atoms with Crippen molar-refractivity contribution in [2.45, 2.75) is 37.6 Å². The van der Waals surface area contributed by atoms with Gasteiger partial charge in [0.25, 0.3) is 0 Å². The molecular formula is C12H15FN2O2S. The Balaban J connectivity index is 3.03. The zero-order valence-corrected chi connectivity index (χ0v) is 11.1. The van der Waals surface area contributed by atoms with Crippen LogP contribution in [0.2, 0.25) is 0 Å². The Morgan fingerprint density at radius 1 is 1.50 bits per heavy atom. The zero-order chi connectivity index (χ0) is 13.8. The first kappa shape index (κ1) is 14.6. The Morgan fingerprint density at radius 2 is 2.17 bits per heavy atom. The molecule has 18 heavy (non-hydrogen) atoms. The molecule has 1 rings (SSSR count). The third-order valence-corrected chi connectivity index (χ3v) is 4.26. The molecule has 1 unspecified atom stereocenters. The van der Waals surface area contributed by atoms with Crippen LogP contribution in [-0.4, -0.2) is 14.5 Å². The summed E-state index contributed by atoms with van der Waals surface area (Å²) in [5.74, 6) is -0.476. The van der Waals surface area contributed by atoms with E-state index in [9.17, 15) is 12.8 Å². The van der Waals surface area contributed by atoms with Crippen LogP contribution in [0.25, 0.3) is 0 Å². The number of sulfonamides is 1. The molecule has 0 fully saturated rings. The summed E-state index contributed by atoms with van der Waals surface area (Å²) in [5.41, 5.74) is 0.342. The monoisotopic (exact) mass is 270 g/mol. The second-order valence-electron chi connectivity index (χ2n) is 4.00. The topological polar surface area (TPSA) is 70.0 Å². The van der Waals surface area contributed by atoms with Crippen LogP contribution in [0.4, 0.5) is 4.39 Å². The minimum Gasteiger partial charge on any atom is -0.207 e. The lowest BCUT2D eigenvalue weighted by Gasteiger charge is -2.15. The second kappa shape index (κ2) is 5.94.